The lowest BCUT2D eigenvalue weighted by Crippen LogP contribution is -2.42. The van der Waals surface area contributed by atoms with Crippen LogP contribution < -0.4 is 10.9 Å². The van der Waals surface area contributed by atoms with Crippen molar-refractivity contribution in [1.29, 1.82) is 0 Å². The Bertz CT molecular complexity index is 1050. The van der Waals surface area contributed by atoms with Crippen LogP contribution in [0.25, 0.3) is 5.69 Å². The fourth-order valence-corrected chi connectivity index (χ4v) is 4.32. The summed E-state index contributed by atoms with van der Waals surface area (Å²) in [7, 11) is 0. The van der Waals surface area contributed by atoms with E-state index in [-0.39, 0.29) is 11.3 Å². The normalized spacial score (nSPS) is 10.5. The summed E-state index contributed by atoms with van der Waals surface area (Å²) < 4.78 is 15.6. The Labute approximate surface area is 177 Å². The summed E-state index contributed by atoms with van der Waals surface area (Å²) in [5.41, 5.74) is 5.58. The Hall–Kier alpha value is -2.27. The first kappa shape index (κ1) is 20.5. The number of benzene rings is 2. The third-order valence-electron chi connectivity index (χ3n) is 3.35. The largest absolute Gasteiger partial charge is 0.272 e. The van der Waals surface area contributed by atoms with Gasteiger partial charge in [0.1, 0.15) is 5.82 Å². The molecule has 3 rings (SSSR count). The number of hydrazine groups is 1. The first-order valence-electron chi connectivity index (χ1n) is 7.76. The molecule has 28 heavy (non-hydrogen) atoms. The highest BCUT2D eigenvalue weighted by Gasteiger charge is 2.11. The summed E-state index contributed by atoms with van der Waals surface area (Å²) in [6.45, 7) is 0. The molecular formula is C17H12ClFN4O2S3. The molecule has 3 aromatic rings. The summed E-state index contributed by atoms with van der Waals surface area (Å²) in [5.74, 6) is -1.37. The van der Waals surface area contributed by atoms with Gasteiger partial charge in [-0.1, -0.05) is 34.7 Å². The molecule has 0 aliphatic heterocycles. The zero-order valence-electron chi connectivity index (χ0n) is 14.0. The molecule has 0 atom stereocenters. The maximum atomic E-state index is 12.9. The monoisotopic (exact) mass is 454 g/mol. The molecule has 0 aliphatic carbocycles. The third-order valence-corrected chi connectivity index (χ3v) is 5.97. The zero-order chi connectivity index (χ0) is 20.1. The van der Waals surface area contributed by atoms with E-state index in [2.05, 4.69) is 16.0 Å². The maximum Gasteiger partial charge on any atom is 0.269 e. The van der Waals surface area contributed by atoms with Crippen LogP contribution in [0, 0.1) is 9.77 Å². The summed E-state index contributed by atoms with van der Waals surface area (Å²) in [6.07, 6.45) is 0. The van der Waals surface area contributed by atoms with Crippen LogP contribution in [0.1, 0.15) is 10.4 Å². The highest BCUT2D eigenvalue weighted by atomic mass is 35.5. The van der Waals surface area contributed by atoms with E-state index in [0.717, 1.165) is 17.8 Å². The van der Waals surface area contributed by atoms with Crippen molar-refractivity contribution in [2.45, 2.75) is 4.34 Å². The van der Waals surface area contributed by atoms with Gasteiger partial charge >= 0.3 is 0 Å². The van der Waals surface area contributed by atoms with Gasteiger partial charge in [0.2, 0.25) is 5.91 Å². The van der Waals surface area contributed by atoms with Gasteiger partial charge in [-0.3, -0.25) is 20.4 Å². The van der Waals surface area contributed by atoms with Gasteiger partial charge in [0.05, 0.1) is 11.4 Å². The quantitative estimate of drug-likeness (QED) is 0.346. The Morgan fingerprint density at radius 3 is 2.50 bits per heavy atom. The lowest BCUT2D eigenvalue weighted by Gasteiger charge is -2.06. The number of nitrogens with one attached hydrogen (secondary N) is 2. The number of hydrogen-bond acceptors (Lipinski definition) is 6. The highest BCUT2D eigenvalue weighted by molar-refractivity contribution is 8.01. The van der Waals surface area contributed by atoms with Crippen molar-refractivity contribution in [3.8, 4) is 5.69 Å². The zero-order valence-corrected chi connectivity index (χ0v) is 17.2. The molecule has 0 fully saturated rings. The highest BCUT2D eigenvalue weighted by Crippen LogP contribution is 2.24. The van der Waals surface area contributed by atoms with Crippen LogP contribution in [0.15, 0.2) is 52.9 Å². The van der Waals surface area contributed by atoms with Crippen LogP contribution in [0.3, 0.4) is 0 Å². The second kappa shape index (κ2) is 9.28. The van der Waals surface area contributed by atoms with Crippen LogP contribution in [0.2, 0.25) is 5.02 Å². The summed E-state index contributed by atoms with van der Waals surface area (Å²) >= 11 is 13.6. The number of nitrogens with zero attached hydrogens (tertiary/aromatic N) is 2. The molecule has 2 aromatic carbocycles. The first-order valence-corrected chi connectivity index (χ1v) is 10.3. The molecular weight excluding hydrogens is 443 g/mol. The molecule has 0 spiro atoms. The van der Waals surface area contributed by atoms with Gasteiger partial charge in [0, 0.05) is 10.6 Å². The lowest BCUT2D eigenvalue weighted by molar-refractivity contribution is -0.119. The summed E-state index contributed by atoms with van der Waals surface area (Å²) in [4.78, 5) is 23.8. The Kier molecular flexibility index (Phi) is 6.79. The standard InChI is InChI=1S/C17H12ClFN4O2S3/c18-11-3-7-13(8-4-11)23-17(26)28-16(22-23)27-9-14(24)20-21-15(25)10-1-5-12(19)6-2-10/h1-8H,9H2,(H,20,24)(H,21,25). The average molecular weight is 455 g/mol. The number of thioether (sulfide) groups is 1. The van der Waals surface area contributed by atoms with Crippen molar-refractivity contribution in [2.75, 3.05) is 5.75 Å². The van der Waals surface area contributed by atoms with E-state index in [1.807, 2.05) is 0 Å². The minimum atomic E-state index is -0.541. The molecule has 0 aliphatic rings. The Morgan fingerprint density at radius 1 is 1.14 bits per heavy atom. The number of rotatable bonds is 5. The van der Waals surface area contributed by atoms with Gasteiger partial charge < -0.3 is 0 Å². The van der Waals surface area contributed by atoms with Crippen molar-refractivity contribution in [3.63, 3.8) is 0 Å². The van der Waals surface area contributed by atoms with Gasteiger partial charge in [-0.15, -0.1) is 5.10 Å². The fraction of sp³-hybridized carbons (Fsp3) is 0.0588. The second-order valence-electron chi connectivity index (χ2n) is 5.32. The maximum absolute atomic E-state index is 12.9. The van der Waals surface area contributed by atoms with Crippen LogP contribution in [-0.2, 0) is 4.79 Å². The molecule has 11 heteroatoms. The average Bonchev–Trinajstić information content (AvgIpc) is 3.06. The number of amides is 2. The van der Waals surface area contributed by atoms with E-state index < -0.39 is 17.6 Å². The van der Waals surface area contributed by atoms with Gasteiger partial charge in [-0.05, 0) is 60.7 Å². The van der Waals surface area contributed by atoms with Gasteiger partial charge in [0.25, 0.3) is 5.91 Å². The molecule has 1 aromatic heterocycles. The molecule has 1 heterocycles. The van der Waals surface area contributed by atoms with Crippen molar-refractivity contribution in [3.05, 3.63) is 68.9 Å². The predicted molar refractivity (Wildman–Crippen MR) is 110 cm³/mol. The van der Waals surface area contributed by atoms with E-state index in [4.69, 9.17) is 23.8 Å². The second-order valence-corrected chi connectivity index (χ2v) is 8.60. The lowest BCUT2D eigenvalue weighted by atomic mass is 10.2. The molecule has 0 radical (unpaired) electrons. The molecule has 6 nitrogen and oxygen atoms in total. The van der Waals surface area contributed by atoms with E-state index in [1.54, 1.807) is 28.9 Å². The first-order chi connectivity index (χ1) is 13.4. The number of carbonyl (C=O) groups excluding carboxylic acids is 2. The molecule has 0 bridgehead atoms. The summed E-state index contributed by atoms with van der Waals surface area (Å²) in [6, 6.07) is 12.0. The molecule has 0 unspecified atom stereocenters. The minimum absolute atomic E-state index is 0.0343. The van der Waals surface area contributed by atoms with Crippen LogP contribution in [0.4, 0.5) is 4.39 Å². The Balaban J connectivity index is 1.53. The number of carbonyl (C=O) groups is 2. The minimum Gasteiger partial charge on any atom is -0.272 e. The number of aromatic nitrogens is 2. The molecule has 2 amide bonds. The summed E-state index contributed by atoms with van der Waals surface area (Å²) in [5, 5.41) is 4.99. The topological polar surface area (TPSA) is 76.0 Å². The molecule has 2 N–H and O–H groups in total. The van der Waals surface area contributed by atoms with Crippen LogP contribution in [-0.4, -0.2) is 27.3 Å². The molecule has 0 saturated carbocycles. The van der Waals surface area contributed by atoms with Crippen molar-refractivity contribution in [1.82, 2.24) is 20.6 Å². The van der Waals surface area contributed by atoms with Crippen molar-refractivity contribution in [2.24, 2.45) is 0 Å². The van der Waals surface area contributed by atoms with E-state index in [9.17, 15) is 14.0 Å². The van der Waals surface area contributed by atoms with E-state index in [0.29, 0.717) is 13.3 Å². The molecule has 144 valence electrons. The van der Waals surface area contributed by atoms with Crippen molar-refractivity contribution < 1.29 is 14.0 Å². The SMILES string of the molecule is O=C(CSc1nn(-c2ccc(Cl)cc2)c(=S)s1)NNC(=O)c1ccc(F)cc1. The van der Waals surface area contributed by atoms with Crippen LogP contribution >= 0.6 is 46.9 Å². The molecule has 0 saturated heterocycles. The van der Waals surface area contributed by atoms with E-state index >= 15 is 0 Å². The van der Waals surface area contributed by atoms with Gasteiger partial charge in [0.15, 0.2) is 8.29 Å². The third kappa shape index (κ3) is 5.38. The Morgan fingerprint density at radius 2 is 1.82 bits per heavy atom. The van der Waals surface area contributed by atoms with Gasteiger partial charge in [-0.25, -0.2) is 9.07 Å². The van der Waals surface area contributed by atoms with Crippen LogP contribution in [0.5, 0.6) is 0 Å². The predicted octanol–water partition coefficient (Wildman–Crippen LogP) is 4.01. The smallest absolute Gasteiger partial charge is 0.269 e. The number of hydrogen-bond donors (Lipinski definition) is 2. The van der Waals surface area contributed by atoms with E-state index in [1.165, 1.54) is 35.2 Å². The number of halogens is 2. The fourth-order valence-electron chi connectivity index (χ4n) is 2.03. The van der Waals surface area contributed by atoms with Gasteiger partial charge in [-0.2, -0.15) is 0 Å². The van der Waals surface area contributed by atoms with Crippen molar-refractivity contribution >= 4 is 58.7 Å².